The molecule has 1 heterocycles. The van der Waals surface area contributed by atoms with Crippen molar-refractivity contribution in [3.8, 4) is 0 Å². The lowest BCUT2D eigenvalue weighted by Crippen LogP contribution is -2.62. The maximum atomic E-state index is 12.7. The number of carbonyl (C=O) groups is 2. The van der Waals surface area contributed by atoms with Gasteiger partial charge in [0.1, 0.15) is 0 Å². The van der Waals surface area contributed by atoms with Gasteiger partial charge in [0.2, 0.25) is 11.4 Å². The molecular formula is C10H13F3N2O3. The second kappa shape index (κ2) is 4.60. The van der Waals surface area contributed by atoms with E-state index in [0.29, 0.717) is 25.6 Å². The molecule has 0 aliphatic carbocycles. The van der Waals surface area contributed by atoms with Gasteiger partial charge in [-0.2, -0.15) is 13.2 Å². The van der Waals surface area contributed by atoms with Crippen molar-refractivity contribution in [1.29, 1.82) is 0 Å². The van der Waals surface area contributed by atoms with Gasteiger partial charge in [0.05, 0.1) is 0 Å². The van der Waals surface area contributed by atoms with Crippen molar-refractivity contribution < 1.29 is 27.9 Å². The van der Waals surface area contributed by atoms with Crippen molar-refractivity contribution in [2.75, 3.05) is 13.1 Å². The van der Waals surface area contributed by atoms with E-state index in [4.69, 9.17) is 5.11 Å². The van der Waals surface area contributed by atoms with Crippen LogP contribution in [0.4, 0.5) is 13.2 Å². The minimum absolute atomic E-state index is 0.116. The molecule has 0 radical (unpaired) electrons. The Hall–Kier alpha value is -1.57. The molecule has 1 aliphatic heterocycles. The van der Waals surface area contributed by atoms with Crippen LogP contribution >= 0.6 is 0 Å². The van der Waals surface area contributed by atoms with E-state index in [9.17, 15) is 22.8 Å². The molecule has 8 heteroatoms. The van der Waals surface area contributed by atoms with Gasteiger partial charge < -0.3 is 15.7 Å². The molecular weight excluding hydrogens is 253 g/mol. The summed E-state index contributed by atoms with van der Waals surface area (Å²) >= 11 is 0. The maximum Gasteiger partial charge on any atom is 0.422 e. The molecule has 0 spiro atoms. The Kier molecular flexibility index (Phi) is 3.70. The van der Waals surface area contributed by atoms with Crippen LogP contribution in [0.5, 0.6) is 0 Å². The Bertz CT molecular complexity index is 411. The number of halogens is 3. The predicted molar refractivity (Wildman–Crippen MR) is 55.8 cm³/mol. The van der Waals surface area contributed by atoms with Crippen LogP contribution in [0, 0.1) is 0 Å². The highest BCUT2D eigenvalue weighted by atomic mass is 19.4. The molecule has 1 fully saturated rings. The number of carboxylic acids is 1. The number of amides is 1. The molecule has 1 aliphatic rings. The fourth-order valence-corrected chi connectivity index (χ4v) is 1.24. The molecule has 1 atom stereocenters. The molecule has 3 N–H and O–H groups in total. The fourth-order valence-electron chi connectivity index (χ4n) is 1.24. The van der Waals surface area contributed by atoms with Gasteiger partial charge in [-0.05, 0) is 19.4 Å². The summed E-state index contributed by atoms with van der Waals surface area (Å²) in [5.74, 6) is -3.17. The van der Waals surface area contributed by atoms with E-state index < -0.39 is 23.6 Å². The predicted octanol–water partition coefficient (Wildman–Crippen LogP) is 0.428. The molecule has 0 aromatic heterocycles. The monoisotopic (exact) mass is 266 g/mol. The van der Waals surface area contributed by atoms with Gasteiger partial charge in [-0.1, -0.05) is 0 Å². The molecule has 1 amide bonds. The molecule has 1 saturated heterocycles. The zero-order valence-electron chi connectivity index (χ0n) is 9.81. The second-order valence-corrected chi connectivity index (χ2v) is 4.21. The van der Waals surface area contributed by atoms with Gasteiger partial charge in [0, 0.05) is 18.7 Å². The molecule has 0 aromatic carbocycles. The van der Waals surface area contributed by atoms with Crippen molar-refractivity contribution in [3.05, 3.63) is 11.1 Å². The van der Waals surface area contributed by atoms with Gasteiger partial charge in [-0.3, -0.25) is 4.79 Å². The first-order valence-electron chi connectivity index (χ1n) is 5.11. The highest BCUT2D eigenvalue weighted by Crippen LogP contribution is 2.30. The summed E-state index contributed by atoms with van der Waals surface area (Å²) in [6.07, 6.45) is -5.07. The minimum atomic E-state index is -5.07. The molecule has 5 nitrogen and oxygen atoms in total. The van der Waals surface area contributed by atoms with E-state index in [2.05, 4.69) is 5.32 Å². The van der Waals surface area contributed by atoms with Gasteiger partial charge in [0.15, 0.2) is 0 Å². The molecule has 0 saturated carbocycles. The molecule has 18 heavy (non-hydrogen) atoms. The van der Waals surface area contributed by atoms with Crippen LogP contribution in [0.2, 0.25) is 0 Å². The van der Waals surface area contributed by atoms with E-state index in [0.717, 1.165) is 0 Å². The number of aliphatic carboxylic acids is 1. The second-order valence-electron chi connectivity index (χ2n) is 4.21. The number of hydrogen-bond acceptors (Lipinski definition) is 3. The third kappa shape index (κ3) is 2.47. The van der Waals surface area contributed by atoms with Crippen LogP contribution in [0.25, 0.3) is 0 Å². The largest absolute Gasteiger partial charge is 0.479 e. The lowest BCUT2D eigenvalue weighted by Gasteiger charge is -2.30. The summed E-state index contributed by atoms with van der Waals surface area (Å²) in [7, 11) is 0. The fraction of sp³-hybridized carbons (Fsp3) is 0.600. The summed E-state index contributed by atoms with van der Waals surface area (Å²) < 4.78 is 38.0. The van der Waals surface area contributed by atoms with Gasteiger partial charge >= 0.3 is 12.1 Å². The maximum absolute atomic E-state index is 12.7. The minimum Gasteiger partial charge on any atom is -0.479 e. The summed E-state index contributed by atoms with van der Waals surface area (Å²) in [4.78, 5) is 22.3. The van der Waals surface area contributed by atoms with Gasteiger partial charge in [-0.25, -0.2) is 4.79 Å². The van der Waals surface area contributed by atoms with Crippen molar-refractivity contribution in [1.82, 2.24) is 10.6 Å². The first-order chi connectivity index (χ1) is 8.09. The third-order valence-electron chi connectivity index (χ3n) is 2.91. The van der Waals surface area contributed by atoms with E-state index >= 15 is 0 Å². The first kappa shape index (κ1) is 14.5. The SMILES string of the molecule is CC(C(=O)NC(C)(C(=O)O)C(F)(F)F)=C1CNC1. The number of nitrogens with one attached hydrogen (secondary N) is 2. The highest BCUT2D eigenvalue weighted by Gasteiger charge is 2.58. The average molecular weight is 266 g/mol. The molecule has 1 rings (SSSR count). The van der Waals surface area contributed by atoms with E-state index in [1.165, 1.54) is 12.2 Å². The molecule has 0 aromatic rings. The van der Waals surface area contributed by atoms with Crippen LogP contribution in [0.1, 0.15) is 13.8 Å². The standard InChI is InChI=1S/C10H13F3N2O3/c1-5(6-3-14-4-6)7(16)15-9(2,8(17)18)10(11,12)13/h14H,3-4H2,1-2H3,(H,15,16)(H,17,18). The van der Waals surface area contributed by atoms with Crippen LogP contribution in [-0.2, 0) is 9.59 Å². The van der Waals surface area contributed by atoms with Gasteiger partial charge in [0.25, 0.3) is 0 Å². The molecule has 1 unspecified atom stereocenters. The lowest BCUT2D eigenvalue weighted by molar-refractivity contribution is -0.206. The first-order valence-corrected chi connectivity index (χ1v) is 5.11. The Morgan fingerprint density at radius 1 is 1.33 bits per heavy atom. The Morgan fingerprint density at radius 2 is 1.83 bits per heavy atom. The number of rotatable bonds is 3. The van der Waals surface area contributed by atoms with Crippen LogP contribution in [0.3, 0.4) is 0 Å². The van der Waals surface area contributed by atoms with Crippen LogP contribution in [0.15, 0.2) is 11.1 Å². The summed E-state index contributed by atoms with van der Waals surface area (Å²) in [6.45, 7) is 2.64. The van der Waals surface area contributed by atoms with E-state index in [1.807, 2.05) is 0 Å². The summed E-state index contributed by atoms with van der Waals surface area (Å²) in [6, 6.07) is 0. The summed E-state index contributed by atoms with van der Waals surface area (Å²) in [5, 5.41) is 13.0. The normalized spacial score (nSPS) is 18.6. The van der Waals surface area contributed by atoms with Crippen molar-refractivity contribution in [2.24, 2.45) is 0 Å². The smallest absolute Gasteiger partial charge is 0.422 e. The third-order valence-corrected chi connectivity index (χ3v) is 2.91. The number of hydrogen-bond donors (Lipinski definition) is 3. The van der Waals surface area contributed by atoms with Gasteiger partial charge in [-0.15, -0.1) is 0 Å². The Labute approximate surface area is 101 Å². The molecule has 0 bridgehead atoms. The average Bonchev–Trinajstić information content (AvgIpc) is 2.12. The number of alkyl halides is 3. The zero-order valence-corrected chi connectivity index (χ0v) is 9.81. The van der Waals surface area contributed by atoms with Crippen molar-refractivity contribution in [3.63, 3.8) is 0 Å². The number of carboxylic acid groups (broad SMARTS) is 1. The number of carbonyl (C=O) groups excluding carboxylic acids is 1. The quantitative estimate of drug-likeness (QED) is 0.647. The Balaban J connectivity index is 2.93. The Morgan fingerprint density at radius 3 is 2.11 bits per heavy atom. The zero-order chi connectivity index (χ0) is 14.1. The lowest BCUT2D eigenvalue weighted by atomic mass is 9.99. The van der Waals surface area contributed by atoms with Crippen molar-refractivity contribution in [2.45, 2.75) is 25.6 Å². The van der Waals surface area contributed by atoms with Crippen molar-refractivity contribution >= 4 is 11.9 Å². The van der Waals surface area contributed by atoms with E-state index in [1.54, 1.807) is 0 Å². The summed E-state index contributed by atoms with van der Waals surface area (Å²) in [5.41, 5.74) is -2.50. The topological polar surface area (TPSA) is 78.4 Å². The van der Waals surface area contributed by atoms with Crippen LogP contribution in [-0.4, -0.2) is 41.8 Å². The highest BCUT2D eigenvalue weighted by molar-refractivity contribution is 5.97. The van der Waals surface area contributed by atoms with Crippen LogP contribution < -0.4 is 10.6 Å². The molecule has 102 valence electrons. The van der Waals surface area contributed by atoms with E-state index in [-0.39, 0.29) is 5.57 Å².